The maximum atomic E-state index is 8.90. The van der Waals surface area contributed by atoms with Crippen LogP contribution in [0.4, 0.5) is 0 Å². The van der Waals surface area contributed by atoms with E-state index >= 15 is 0 Å². The molecular weight excluding hydrogens is 248 g/mol. The van der Waals surface area contributed by atoms with E-state index in [0.717, 1.165) is 6.54 Å². The van der Waals surface area contributed by atoms with Crippen LogP contribution in [-0.2, 0) is 13.1 Å². The van der Waals surface area contributed by atoms with Gasteiger partial charge in [0.15, 0.2) is 0 Å². The highest BCUT2D eigenvalue weighted by atomic mass is 28.4. The fourth-order valence-electron chi connectivity index (χ4n) is 1.92. The number of aryl methyl sites for hydroxylation is 2. The monoisotopic (exact) mass is 273 g/mol. The fourth-order valence-corrected chi connectivity index (χ4v) is 2.56. The second-order valence-corrected chi connectivity index (χ2v) is 6.88. The molecule has 0 aliphatic carbocycles. The van der Waals surface area contributed by atoms with Gasteiger partial charge in [-0.05, 0) is 19.3 Å². The average Bonchev–Trinajstić information content (AvgIpc) is 2.71. The highest BCUT2D eigenvalue weighted by Crippen LogP contribution is 2.02. The summed E-state index contributed by atoms with van der Waals surface area (Å²) in [7, 11) is -3.85. The molecule has 0 aromatic carbocycles. The first-order valence-corrected chi connectivity index (χ1v) is 8.78. The van der Waals surface area contributed by atoms with E-state index in [4.69, 9.17) is 14.4 Å². The van der Waals surface area contributed by atoms with Crippen molar-refractivity contribution in [2.24, 2.45) is 0 Å². The number of hydrogen-bond acceptors (Lipinski definition) is 3. The number of rotatable bonds is 9. The van der Waals surface area contributed by atoms with Crippen LogP contribution in [0.3, 0.4) is 0 Å². The van der Waals surface area contributed by atoms with Gasteiger partial charge in [0.1, 0.15) is 12.4 Å². The maximum absolute atomic E-state index is 8.90. The summed E-state index contributed by atoms with van der Waals surface area (Å²) in [5, 5.41) is 0. The first-order valence-electron chi connectivity index (χ1n) is 6.73. The third-order valence-electron chi connectivity index (χ3n) is 2.94. The van der Waals surface area contributed by atoms with Crippen LogP contribution in [0.2, 0.25) is 6.04 Å². The predicted molar refractivity (Wildman–Crippen MR) is 70.6 cm³/mol. The molecular formula is C12H25N2O3Si+. The molecule has 0 saturated carbocycles. The average molecular weight is 273 g/mol. The van der Waals surface area contributed by atoms with E-state index in [1.807, 2.05) is 23.3 Å². The Bertz CT molecular complexity index is 336. The molecule has 1 heterocycles. The van der Waals surface area contributed by atoms with Crippen LogP contribution < -0.4 is 4.57 Å². The van der Waals surface area contributed by atoms with Crippen LogP contribution in [0.5, 0.6) is 0 Å². The summed E-state index contributed by atoms with van der Waals surface area (Å²) in [5.41, 5.74) is 0. The smallest absolute Gasteiger partial charge is 0.390 e. The van der Waals surface area contributed by atoms with Gasteiger partial charge in [0.2, 0.25) is 6.33 Å². The molecule has 0 amide bonds. The Labute approximate surface area is 110 Å². The molecule has 3 N–H and O–H groups in total. The lowest BCUT2D eigenvalue weighted by Gasteiger charge is -2.06. The SMILES string of the molecule is CCCCCCn1cc[n+](CCC[Si](O)(O)O)c1. The number of aromatic nitrogens is 2. The molecule has 1 rings (SSSR count). The Hall–Kier alpha value is -0.693. The molecule has 104 valence electrons. The fraction of sp³-hybridized carbons (Fsp3) is 0.750. The van der Waals surface area contributed by atoms with Crippen molar-refractivity contribution in [3.8, 4) is 0 Å². The molecule has 0 aliphatic rings. The topological polar surface area (TPSA) is 69.5 Å². The van der Waals surface area contributed by atoms with Crippen molar-refractivity contribution in [2.75, 3.05) is 0 Å². The van der Waals surface area contributed by atoms with Gasteiger partial charge in [0.25, 0.3) is 0 Å². The molecule has 6 heteroatoms. The zero-order chi connectivity index (χ0) is 13.4. The highest BCUT2D eigenvalue weighted by molar-refractivity contribution is 6.56. The van der Waals surface area contributed by atoms with Gasteiger partial charge in [-0.2, -0.15) is 0 Å². The van der Waals surface area contributed by atoms with Gasteiger partial charge in [0, 0.05) is 6.04 Å². The third kappa shape index (κ3) is 6.90. The highest BCUT2D eigenvalue weighted by Gasteiger charge is 2.26. The molecule has 1 aromatic heterocycles. The summed E-state index contributed by atoms with van der Waals surface area (Å²) >= 11 is 0. The zero-order valence-electron chi connectivity index (χ0n) is 11.1. The van der Waals surface area contributed by atoms with E-state index < -0.39 is 8.80 Å². The second-order valence-electron chi connectivity index (χ2n) is 4.83. The van der Waals surface area contributed by atoms with E-state index in [-0.39, 0.29) is 6.04 Å². The van der Waals surface area contributed by atoms with Crippen molar-refractivity contribution in [1.29, 1.82) is 0 Å². The number of nitrogens with zero attached hydrogens (tertiary/aromatic N) is 2. The quantitative estimate of drug-likeness (QED) is 0.352. The summed E-state index contributed by atoms with van der Waals surface area (Å²) < 4.78 is 4.16. The minimum absolute atomic E-state index is 0.0989. The van der Waals surface area contributed by atoms with E-state index in [1.165, 1.54) is 25.7 Å². The maximum Gasteiger partial charge on any atom is 0.492 e. The Balaban J connectivity index is 2.21. The number of imidazole rings is 1. The van der Waals surface area contributed by atoms with E-state index in [1.54, 1.807) is 0 Å². The van der Waals surface area contributed by atoms with Crippen molar-refractivity contribution in [1.82, 2.24) is 4.57 Å². The molecule has 18 heavy (non-hydrogen) atoms. The first-order chi connectivity index (χ1) is 8.51. The van der Waals surface area contributed by atoms with E-state index in [2.05, 4.69) is 11.5 Å². The molecule has 5 nitrogen and oxygen atoms in total. The van der Waals surface area contributed by atoms with Crippen molar-refractivity contribution < 1.29 is 19.0 Å². The number of unbranched alkanes of at least 4 members (excludes halogenated alkanes) is 3. The molecule has 1 aromatic rings. The lowest BCUT2D eigenvalue weighted by atomic mass is 10.2. The van der Waals surface area contributed by atoms with Crippen LogP contribution in [-0.4, -0.2) is 27.8 Å². The van der Waals surface area contributed by atoms with Crippen LogP contribution in [0.25, 0.3) is 0 Å². The van der Waals surface area contributed by atoms with Crippen molar-refractivity contribution in [3.05, 3.63) is 18.7 Å². The van der Waals surface area contributed by atoms with Gasteiger partial charge < -0.3 is 14.4 Å². The third-order valence-corrected chi connectivity index (χ3v) is 3.97. The Kier molecular flexibility index (Phi) is 6.55. The minimum Gasteiger partial charge on any atom is -0.390 e. The van der Waals surface area contributed by atoms with Gasteiger partial charge >= 0.3 is 8.80 Å². The molecule has 0 radical (unpaired) electrons. The summed E-state index contributed by atoms with van der Waals surface area (Å²) in [6.45, 7) is 3.94. The van der Waals surface area contributed by atoms with Crippen molar-refractivity contribution in [3.63, 3.8) is 0 Å². The molecule has 0 unspecified atom stereocenters. The van der Waals surface area contributed by atoms with Crippen LogP contribution in [0.1, 0.15) is 39.0 Å². The number of hydrogen-bond donors (Lipinski definition) is 3. The predicted octanol–water partition coefficient (Wildman–Crippen LogP) is 0.662. The van der Waals surface area contributed by atoms with Crippen LogP contribution in [0.15, 0.2) is 18.7 Å². The molecule has 0 fully saturated rings. The lowest BCUT2D eigenvalue weighted by molar-refractivity contribution is -0.696. The lowest BCUT2D eigenvalue weighted by Crippen LogP contribution is -2.37. The van der Waals surface area contributed by atoms with E-state index in [0.29, 0.717) is 13.0 Å². The zero-order valence-corrected chi connectivity index (χ0v) is 12.1. The first kappa shape index (κ1) is 15.4. The Morgan fingerprint density at radius 2 is 1.89 bits per heavy atom. The van der Waals surface area contributed by atoms with Gasteiger partial charge in [-0.15, -0.1) is 0 Å². The summed E-state index contributed by atoms with van der Waals surface area (Å²) in [4.78, 5) is 26.7. The summed E-state index contributed by atoms with van der Waals surface area (Å²) in [6, 6.07) is 0.0989. The largest absolute Gasteiger partial charge is 0.492 e. The minimum atomic E-state index is -3.85. The summed E-state index contributed by atoms with van der Waals surface area (Å²) in [6.07, 6.45) is 11.6. The van der Waals surface area contributed by atoms with Crippen molar-refractivity contribution >= 4 is 8.80 Å². The van der Waals surface area contributed by atoms with Crippen molar-refractivity contribution in [2.45, 2.75) is 58.2 Å². The molecule has 0 spiro atoms. The Morgan fingerprint density at radius 1 is 1.11 bits per heavy atom. The van der Waals surface area contributed by atoms with Gasteiger partial charge in [0.05, 0.1) is 13.1 Å². The summed E-state index contributed by atoms with van der Waals surface area (Å²) in [5.74, 6) is 0. The van der Waals surface area contributed by atoms with Crippen LogP contribution in [0, 0.1) is 0 Å². The molecule has 0 aliphatic heterocycles. The molecule has 0 atom stereocenters. The van der Waals surface area contributed by atoms with Gasteiger partial charge in [-0.3, -0.25) is 0 Å². The van der Waals surface area contributed by atoms with Crippen LogP contribution >= 0.6 is 0 Å². The van der Waals surface area contributed by atoms with E-state index in [9.17, 15) is 0 Å². The van der Waals surface area contributed by atoms with Gasteiger partial charge in [-0.1, -0.05) is 19.8 Å². The standard InChI is InChI=1S/C12H25N2O3Si/c1-2-3-4-5-7-13-9-10-14(12-13)8-6-11-18(15,16)17/h9-10,12,15-17H,2-8,11H2,1H3/q+1. The normalized spacial score (nSPS) is 12.0. The second kappa shape index (κ2) is 7.68. The molecule has 0 saturated heterocycles. The van der Waals surface area contributed by atoms with Gasteiger partial charge in [-0.25, -0.2) is 9.13 Å². The Morgan fingerprint density at radius 3 is 2.56 bits per heavy atom. The molecule has 0 bridgehead atoms.